The lowest BCUT2D eigenvalue weighted by molar-refractivity contribution is -0.0937. The molecule has 0 aromatic heterocycles. The number of nitrogens with two attached hydrogens (primary N) is 2. The lowest BCUT2D eigenvalue weighted by Gasteiger charge is -2.09. The Hall–Kier alpha value is -0.810. The van der Waals surface area contributed by atoms with E-state index in [-0.39, 0.29) is 12.2 Å². The quantitative estimate of drug-likeness (QED) is 0.175. The van der Waals surface area contributed by atoms with Crippen LogP contribution in [0.3, 0.4) is 0 Å². The average Bonchev–Trinajstić information content (AvgIpc) is 1.90. The second-order valence-corrected chi connectivity index (χ2v) is 1.67. The lowest BCUT2D eigenvalue weighted by atomic mass is 10.7. The summed E-state index contributed by atoms with van der Waals surface area (Å²) in [5.41, 5.74) is 10.1. The largest absolute Gasteiger partial charge is 0.370 e. The van der Waals surface area contributed by atoms with Crippen LogP contribution in [0.5, 0.6) is 0 Å². The van der Waals surface area contributed by atoms with Gasteiger partial charge in [0.05, 0.1) is 6.54 Å². The summed E-state index contributed by atoms with van der Waals surface area (Å²) < 4.78 is 9.62. The summed E-state index contributed by atoms with van der Waals surface area (Å²) in [6.07, 6.45) is -0.359. The minimum Gasteiger partial charge on any atom is -0.370 e. The molecule has 60 valence electrons. The molecular weight excluding hydrogens is 138 g/mol. The fourth-order valence-electron chi connectivity index (χ4n) is 0.425. The molecule has 0 bridgehead atoms. The summed E-state index contributed by atoms with van der Waals surface area (Å²) >= 11 is 0. The second-order valence-electron chi connectivity index (χ2n) is 1.67. The molecule has 0 rings (SSSR count). The predicted molar refractivity (Wildman–Crippen MR) is 38.5 cm³/mol. The van der Waals surface area contributed by atoms with Gasteiger partial charge in [0.1, 0.15) is 0 Å². The van der Waals surface area contributed by atoms with E-state index in [2.05, 4.69) is 4.99 Å². The van der Waals surface area contributed by atoms with Gasteiger partial charge in [0.2, 0.25) is 0 Å². The minimum atomic E-state index is -0.359. The Kier molecular flexibility index (Phi) is 4.61. The van der Waals surface area contributed by atoms with E-state index >= 15 is 0 Å². The highest BCUT2D eigenvalue weighted by atomic mass is 16.7. The molecule has 0 radical (unpaired) electrons. The van der Waals surface area contributed by atoms with E-state index in [9.17, 15) is 0 Å². The van der Waals surface area contributed by atoms with E-state index in [0.717, 1.165) is 0 Å². The zero-order valence-electron chi connectivity index (χ0n) is 6.20. The number of rotatable bonds is 4. The predicted octanol–water partition coefficient (Wildman–Crippen LogP) is -1.12. The summed E-state index contributed by atoms with van der Waals surface area (Å²) in [5.74, 6) is 0.0408. The van der Waals surface area contributed by atoms with Crippen LogP contribution in [-0.2, 0) is 9.47 Å². The van der Waals surface area contributed by atoms with Crippen LogP contribution < -0.4 is 11.5 Å². The first-order valence-corrected chi connectivity index (χ1v) is 2.81. The number of nitrogens with zero attached hydrogens (tertiary/aromatic N) is 1. The van der Waals surface area contributed by atoms with Gasteiger partial charge in [-0.2, -0.15) is 0 Å². The first-order valence-electron chi connectivity index (χ1n) is 2.81. The summed E-state index contributed by atoms with van der Waals surface area (Å²) in [7, 11) is 3.05. The van der Waals surface area contributed by atoms with Crippen molar-refractivity contribution in [2.75, 3.05) is 20.8 Å². The van der Waals surface area contributed by atoms with Gasteiger partial charge in [-0.3, -0.25) is 0 Å². The molecule has 4 N–H and O–H groups in total. The van der Waals surface area contributed by atoms with Crippen LogP contribution in [0.2, 0.25) is 0 Å². The third-order valence-corrected chi connectivity index (χ3v) is 0.949. The topological polar surface area (TPSA) is 82.9 Å². The smallest absolute Gasteiger partial charge is 0.186 e. The molecule has 0 saturated heterocycles. The summed E-state index contributed by atoms with van der Waals surface area (Å²) in [6.45, 7) is 0.329. The number of hydrogen-bond donors (Lipinski definition) is 2. The molecule has 5 nitrogen and oxygen atoms in total. The van der Waals surface area contributed by atoms with E-state index < -0.39 is 0 Å². The number of aliphatic imine (C=N–C) groups is 1. The highest BCUT2D eigenvalue weighted by Crippen LogP contribution is 1.89. The van der Waals surface area contributed by atoms with Crippen molar-refractivity contribution in [1.82, 2.24) is 0 Å². The van der Waals surface area contributed by atoms with Crippen LogP contribution in [0.25, 0.3) is 0 Å². The highest BCUT2D eigenvalue weighted by Gasteiger charge is 2.01. The van der Waals surface area contributed by atoms with Crippen LogP contribution in [-0.4, -0.2) is 33.0 Å². The number of hydrogen-bond acceptors (Lipinski definition) is 3. The number of guanidine groups is 1. The zero-order valence-corrected chi connectivity index (χ0v) is 6.20. The van der Waals surface area contributed by atoms with Crippen molar-refractivity contribution in [3.63, 3.8) is 0 Å². The van der Waals surface area contributed by atoms with E-state index in [1.54, 1.807) is 0 Å². The van der Waals surface area contributed by atoms with Crippen molar-refractivity contribution in [1.29, 1.82) is 0 Å². The molecule has 0 aliphatic heterocycles. The second kappa shape index (κ2) is 5.01. The molecule has 10 heavy (non-hydrogen) atoms. The lowest BCUT2D eigenvalue weighted by Crippen LogP contribution is -2.26. The van der Waals surface area contributed by atoms with E-state index in [1.807, 2.05) is 0 Å². The van der Waals surface area contributed by atoms with Crippen molar-refractivity contribution in [3.8, 4) is 0 Å². The van der Waals surface area contributed by atoms with Crippen molar-refractivity contribution in [2.45, 2.75) is 6.29 Å². The Morgan fingerprint density at radius 2 is 1.90 bits per heavy atom. The third-order valence-electron chi connectivity index (χ3n) is 0.949. The maximum Gasteiger partial charge on any atom is 0.186 e. The van der Waals surface area contributed by atoms with Crippen LogP contribution in [0.15, 0.2) is 4.99 Å². The van der Waals surface area contributed by atoms with E-state index in [0.29, 0.717) is 6.54 Å². The van der Waals surface area contributed by atoms with Crippen molar-refractivity contribution < 1.29 is 9.47 Å². The van der Waals surface area contributed by atoms with Crippen LogP contribution in [0.1, 0.15) is 0 Å². The summed E-state index contributed by atoms with van der Waals surface area (Å²) in [4.78, 5) is 3.69. The SMILES string of the molecule is COC(C[15N]=[13C]([15NH2])[15NH2])OC. The van der Waals surface area contributed by atoms with Gasteiger partial charge >= 0.3 is 0 Å². The third kappa shape index (κ3) is 4.11. The van der Waals surface area contributed by atoms with Crippen LogP contribution in [0.4, 0.5) is 0 Å². The Bertz CT molecular complexity index is 107. The summed E-state index contributed by atoms with van der Waals surface area (Å²) in [6, 6.07) is 0. The molecule has 0 saturated carbocycles. The maximum atomic E-state index is 5.07. The van der Waals surface area contributed by atoms with Gasteiger partial charge in [0, 0.05) is 14.2 Å². The standard InChI is InChI=1S/C5H13N3O2/c1-9-4(10-2)3-8-5(6)7/h4H,3H2,1-2H3,(H4,6,7,8)/i5+1,6+1,7+1,8+1. The minimum absolute atomic E-state index is 0.0408. The normalized spacial score (nSPS) is 9.90. The summed E-state index contributed by atoms with van der Waals surface area (Å²) in [5, 5.41) is 0. The number of methoxy groups -OCH3 is 2. The fraction of sp³-hybridized carbons (Fsp3) is 0.800. The molecule has 0 atom stereocenters. The molecular formula is C5H13N3O2. The molecule has 5 heteroatoms. The average molecular weight is 151 g/mol. The molecule has 0 amide bonds. The Labute approximate surface area is 60.0 Å². The van der Waals surface area contributed by atoms with Crippen LogP contribution >= 0.6 is 0 Å². The van der Waals surface area contributed by atoms with Crippen molar-refractivity contribution in [2.24, 2.45) is 16.5 Å². The Morgan fingerprint density at radius 1 is 1.40 bits per heavy atom. The molecule has 0 aliphatic carbocycles. The van der Waals surface area contributed by atoms with Crippen molar-refractivity contribution in [3.05, 3.63) is 0 Å². The first kappa shape index (κ1) is 9.19. The zero-order chi connectivity index (χ0) is 7.98. The van der Waals surface area contributed by atoms with Gasteiger partial charge in [0.15, 0.2) is 12.2 Å². The van der Waals surface area contributed by atoms with E-state index in [4.69, 9.17) is 20.9 Å². The van der Waals surface area contributed by atoms with Gasteiger partial charge in [-0.1, -0.05) is 0 Å². The van der Waals surface area contributed by atoms with Crippen molar-refractivity contribution >= 4 is 5.96 Å². The first-order chi connectivity index (χ1) is 4.70. The molecule has 0 unspecified atom stereocenters. The molecule has 0 aromatic carbocycles. The van der Waals surface area contributed by atoms with Crippen LogP contribution in [0, 0.1) is 0 Å². The van der Waals surface area contributed by atoms with Gasteiger partial charge in [-0.15, -0.1) is 0 Å². The monoisotopic (exact) mass is 151 g/mol. The molecule has 0 heterocycles. The molecule has 0 aliphatic rings. The fourth-order valence-corrected chi connectivity index (χ4v) is 0.425. The van der Waals surface area contributed by atoms with Gasteiger partial charge in [-0.25, -0.2) is 4.99 Å². The van der Waals surface area contributed by atoms with Gasteiger partial charge < -0.3 is 20.9 Å². The highest BCUT2D eigenvalue weighted by molar-refractivity contribution is 5.75. The van der Waals surface area contributed by atoms with E-state index in [1.165, 1.54) is 14.2 Å². The Morgan fingerprint density at radius 3 is 2.20 bits per heavy atom. The van der Waals surface area contributed by atoms with Gasteiger partial charge in [0.25, 0.3) is 0 Å². The molecule has 0 spiro atoms. The molecule has 0 aromatic rings. The van der Waals surface area contributed by atoms with Gasteiger partial charge in [-0.05, 0) is 0 Å². The Balaban J connectivity index is 3.54. The number of ether oxygens (including phenoxy) is 2. The molecule has 0 fully saturated rings. The maximum absolute atomic E-state index is 5.07.